The van der Waals surface area contributed by atoms with E-state index in [-0.39, 0.29) is 29.2 Å². The molecule has 38 heavy (non-hydrogen) atoms. The first-order chi connectivity index (χ1) is 18.3. The molecule has 0 fully saturated rings. The van der Waals surface area contributed by atoms with Gasteiger partial charge in [0, 0.05) is 22.7 Å². The van der Waals surface area contributed by atoms with Crippen molar-refractivity contribution < 1.29 is 18.9 Å². The summed E-state index contributed by atoms with van der Waals surface area (Å²) in [5, 5.41) is 11.7. The fourth-order valence-electron chi connectivity index (χ4n) is 4.22. The van der Waals surface area contributed by atoms with Crippen LogP contribution in [0.1, 0.15) is 31.2 Å². The number of thiazole rings is 1. The molecule has 5 rings (SSSR count). The van der Waals surface area contributed by atoms with E-state index in [1.54, 1.807) is 62.4 Å². The van der Waals surface area contributed by atoms with Gasteiger partial charge in [0.15, 0.2) is 4.80 Å². The van der Waals surface area contributed by atoms with E-state index in [1.165, 1.54) is 28.0 Å². The normalized spacial score (nSPS) is 15.2. The van der Waals surface area contributed by atoms with Gasteiger partial charge in [-0.2, -0.15) is 0 Å². The molecule has 0 bridgehead atoms. The molecule has 0 aliphatic carbocycles. The minimum atomic E-state index is -0.953. The standard InChI is InChI=1S/C27H20ClN3O6S/c1-3-36-26(33)23-15(2)29-27-30(25(32)22(38-27)14-16-7-4-5-10-19(16)28)24(23)21-12-11-20(37-21)17-8-6-9-18(13-17)31(34)35/h4-14,24H,3H2,1-2H3/b22-14-/t24-/m0/s1. The molecule has 2 aromatic heterocycles. The Morgan fingerprint density at radius 2 is 2.03 bits per heavy atom. The highest BCUT2D eigenvalue weighted by molar-refractivity contribution is 7.07. The molecule has 1 atom stereocenters. The maximum atomic E-state index is 13.7. The summed E-state index contributed by atoms with van der Waals surface area (Å²) in [4.78, 5) is 42.4. The topological polar surface area (TPSA) is 117 Å². The maximum absolute atomic E-state index is 13.7. The van der Waals surface area contributed by atoms with Crippen LogP contribution in [0, 0.1) is 10.1 Å². The van der Waals surface area contributed by atoms with E-state index in [0.717, 1.165) is 0 Å². The van der Waals surface area contributed by atoms with E-state index in [4.69, 9.17) is 20.8 Å². The van der Waals surface area contributed by atoms with Gasteiger partial charge in [-0.05, 0) is 43.7 Å². The highest BCUT2D eigenvalue weighted by Gasteiger charge is 2.35. The van der Waals surface area contributed by atoms with Gasteiger partial charge in [0.1, 0.15) is 17.6 Å². The largest absolute Gasteiger partial charge is 0.463 e. The lowest BCUT2D eigenvalue weighted by molar-refractivity contribution is -0.384. The monoisotopic (exact) mass is 549 g/mol. The molecule has 0 unspecified atom stereocenters. The molecule has 11 heteroatoms. The minimum absolute atomic E-state index is 0.0871. The second-order valence-electron chi connectivity index (χ2n) is 8.33. The third kappa shape index (κ3) is 4.59. The summed E-state index contributed by atoms with van der Waals surface area (Å²) in [6.45, 7) is 3.50. The Labute approximate surface area is 224 Å². The van der Waals surface area contributed by atoms with E-state index < -0.39 is 16.9 Å². The van der Waals surface area contributed by atoms with Gasteiger partial charge in [-0.15, -0.1) is 0 Å². The van der Waals surface area contributed by atoms with E-state index in [1.807, 2.05) is 6.07 Å². The Morgan fingerprint density at radius 1 is 1.24 bits per heavy atom. The molecule has 0 radical (unpaired) electrons. The number of ether oxygens (including phenoxy) is 1. The van der Waals surface area contributed by atoms with Gasteiger partial charge in [-0.3, -0.25) is 19.5 Å². The number of halogens is 1. The molecule has 2 aromatic carbocycles. The summed E-state index contributed by atoms with van der Waals surface area (Å²) in [6, 6.07) is 15.5. The van der Waals surface area contributed by atoms with Crippen molar-refractivity contribution in [3.63, 3.8) is 0 Å². The van der Waals surface area contributed by atoms with Crippen LogP contribution in [-0.2, 0) is 9.53 Å². The van der Waals surface area contributed by atoms with Crippen LogP contribution in [-0.4, -0.2) is 22.1 Å². The summed E-state index contributed by atoms with van der Waals surface area (Å²) in [5.41, 5.74) is 1.26. The molecule has 192 valence electrons. The number of benzene rings is 2. The predicted octanol–water partition coefficient (Wildman–Crippen LogP) is 4.62. The number of non-ortho nitro benzene ring substituents is 1. The van der Waals surface area contributed by atoms with E-state index >= 15 is 0 Å². The summed E-state index contributed by atoms with van der Waals surface area (Å²) in [7, 11) is 0. The van der Waals surface area contributed by atoms with Crippen molar-refractivity contribution in [1.82, 2.24) is 4.57 Å². The third-order valence-corrected chi connectivity index (χ3v) is 7.27. The van der Waals surface area contributed by atoms with Crippen LogP contribution in [0.25, 0.3) is 17.4 Å². The molecule has 0 saturated carbocycles. The Morgan fingerprint density at radius 3 is 2.76 bits per heavy atom. The molecule has 0 saturated heterocycles. The summed E-state index contributed by atoms with van der Waals surface area (Å²) in [5.74, 6) is 0.0152. The third-order valence-electron chi connectivity index (χ3n) is 5.95. The average Bonchev–Trinajstić information content (AvgIpc) is 3.50. The fourth-order valence-corrected chi connectivity index (χ4v) is 5.45. The number of aromatic nitrogens is 1. The van der Waals surface area contributed by atoms with Gasteiger partial charge in [0.25, 0.3) is 11.2 Å². The highest BCUT2D eigenvalue weighted by Crippen LogP contribution is 2.34. The number of hydrogen-bond donors (Lipinski definition) is 0. The summed E-state index contributed by atoms with van der Waals surface area (Å²) >= 11 is 7.48. The summed E-state index contributed by atoms with van der Waals surface area (Å²) in [6.07, 6.45) is 1.68. The Kier molecular flexibility index (Phi) is 6.83. The van der Waals surface area contributed by atoms with Gasteiger partial charge in [-0.25, -0.2) is 9.79 Å². The second-order valence-corrected chi connectivity index (χ2v) is 9.75. The molecule has 1 aliphatic rings. The van der Waals surface area contributed by atoms with E-state index in [0.29, 0.717) is 36.9 Å². The van der Waals surface area contributed by atoms with Crippen LogP contribution in [0.5, 0.6) is 0 Å². The molecule has 9 nitrogen and oxygen atoms in total. The number of furan rings is 1. The molecule has 4 aromatic rings. The number of rotatable bonds is 6. The lowest BCUT2D eigenvalue weighted by atomic mass is 10.0. The van der Waals surface area contributed by atoms with Gasteiger partial charge in [-0.1, -0.05) is 53.3 Å². The van der Waals surface area contributed by atoms with Crippen molar-refractivity contribution in [3.05, 3.63) is 118 Å². The molecule has 0 amide bonds. The Balaban J connectivity index is 1.69. The zero-order valence-electron chi connectivity index (χ0n) is 20.2. The smallest absolute Gasteiger partial charge is 0.338 e. The van der Waals surface area contributed by atoms with Crippen molar-refractivity contribution in [1.29, 1.82) is 0 Å². The number of nitro groups is 1. The molecule has 0 spiro atoms. The van der Waals surface area contributed by atoms with Gasteiger partial charge < -0.3 is 9.15 Å². The summed E-state index contributed by atoms with van der Waals surface area (Å²) < 4.78 is 13.2. The van der Waals surface area contributed by atoms with Gasteiger partial charge in [0.2, 0.25) is 0 Å². The number of fused-ring (bicyclic) bond motifs is 1. The first-order valence-electron chi connectivity index (χ1n) is 11.6. The number of carbonyl (C=O) groups excluding carboxylic acids is 1. The molecular formula is C27H20ClN3O6S. The highest BCUT2D eigenvalue weighted by atomic mass is 35.5. The Bertz CT molecular complexity index is 1800. The lowest BCUT2D eigenvalue weighted by Crippen LogP contribution is -2.39. The zero-order chi connectivity index (χ0) is 27.0. The van der Waals surface area contributed by atoms with Crippen LogP contribution < -0.4 is 14.9 Å². The van der Waals surface area contributed by atoms with Crippen LogP contribution in [0.2, 0.25) is 5.02 Å². The fraction of sp³-hybridized carbons (Fsp3) is 0.148. The van der Waals surface area contributed by atoms with Crippen LogP contribution in [0.15, 0.2) is 86.1 Å². The van der Waals surface area contributed by atoms with E-state index in [2.05, 4.69) is 4.99 Å². The first-order valence-corrected chi connectivity index (χ1v) is 12.8. The van der Waals surface area contributed by atoms with Crippen molar-refractivity contribution in [2.75, 3.05) is 6.61 Å². The number of allylic oxidation sites excluding steroid dienone is 1. The number of hydrogen-bond acceptors (Lipinski definition) is 8. The zero-order valence-corrected chi connectivity index (χ0v) is 21.8. The SMILES string of the molecule is CCOC(=O)C1=C(C)N=c2s/c(=C\c3ccccc3Cl)c(=O)n2[C@H]1c1ccc(-c2cccc([N+](=O)[O-])c2)o1. The number of nitro benzene ring substituents is 1. The predicted molar refractivity (Wildman–Crippen MR) is 143 cm³/mol. The molecule has 1 aliphatic heterocycles. The van der Waals surface area contributed by atoms with Gasteiger partial charge >= 0.3 is 5.97 Å². The van der Waals surface area contributed by atoms with E-state index in [9.17, 15) is 19.7 Å². The minimum Gasteiger partial charge on any atom is -0.463 e. The van der Waals surface area contributed by atoms with Crippen LogP contribution >= 0.6 is 22.9 Å². The van der Waals surface area contributed by atoms with Crippen molar-refractivity contribution in [3.8, 4) is 11.3 Å². The molecule has 0 N–H and O–H groups in total. The molecular weight excluding hydrogens is 530 g/mol. The van der Waals surface area contributed by atoms with Crippen molar-refractivity contribution in [2.24, 2.45) is 4.99 Å². The second kappa shape index (κ2) is 10.2. The quantitative estimate of drug-likeness (QED) is 0.197. The Hall–Kier alpha value is -4.28. The van der Waals surface area contributed by atoms with Crippen LogP contribution in [0.4, 0.5) is 5.69 Å². The number of esters is 1. The average molecular weight is 550 g/mol. The maximum Gasteiger partial charge on any atom is 0.338 e. The number of carbonyl (C=O) groups is 1. The molecule has 3 heterocycles. The van der Waals surface area contributed by atoms with Crippen molar-refractivity contribution in [2.45, 2.75) is 19.9 Å². The van der Waals surface area contributed by atoms with Crippen LogP contribution in [0.3, 0.4) is 0 Å². The number of nitrogens with zero attached hydrogens (tertiary/aromatic N) is 3. The van der Waals surface area contributed by atoms with Gasteiger partial charge in [0.05, 0.1) is 27.3 Å². The first kappa shape index (κ1) is 25.4. The van der Waals surface area contributed by atoms with Crippen molar-refractivity contribution >= 4 is 40.7 Å². The lowest BCUT2D eigenvalue weighted by Gasteiger charge is -2.22.